The predicted molar refractivity (Wildman–Crippen MR) is 94.5 cm³/mol. The fourth-order valence-corrected chi connectivity index (χ4v) is 3.81. The third-order valence-corrected chi connectivity index (χ3v) is 5.02. The Labute approximate surface area is 144 Å². The molecule has 1 aromatic rings. The number of aryl methyl sites for hydroxylation is 1. The molecule has 0 bridgehead atoms. The summed E-state index contributed by atoms with van der Waals surface area (Å²) in [5.41, 5.74) is 2.12. The number of amides is 1. The van der Waals surface area contributed by atoms with Gasteiger partial charge in [-0.1, -0.05) is 6.07 Å². The van der Waals surface area contributed by atoms with Gasteiger partial charge in [0.25, 0.3) is 0 Å². The van der Waals surface area contributed by atoms with Crippen LogP contribution in [0.4, 0.5) is 5.69 Å². The quantitative estimate of drug-likeness (QED) is 0.901. The van der Waals surface area contributed by atoms with Gasteiger partial charge in [-0.25, -0.2) is 0 Å². The van der Waals surface area contributed by atoms with Crippen molar-refractivity contribution in [3.8, 4) is 5.75 Å². The second kappa shape index (κ2) is 7.88. The number of fused-ring (bicyclic) bond motifs is 1. The Hall–Kier alpha value is -1.75. The molecular weight excluding hydrogens is 304 g/mol. The smallest absolute Gasteiger partial charge is 0.224 e. The van der Waals surface area contributed by atoms with Crippen molar-refractivity contribution in [1.29, 1.82) is 0 Å². The first kappa shape index (κ1) is 17.1. The monoisotopic (exact) mass is 332 g/mol. The summed E-state index contributed by atoms with van der Waals surface area (Å²) in [6.07, 6.45) is 5.03. The second-order valence-corrected chi connectivity index (χ2v) is 6.73. The Balaban J connectivity index is 1.56. The van der Waals surface area contributed by atoms with E-state index in [0.29, 0.717) is 13.0 Å². The number of carbonyl (C=O) groups is 1. The van der Waals surface area contributed by atoms with Crippen molar-refractivity contribution in [2.45, 2.75) is 51.2 Å². The summed E-state index contributed by atoms with van der Waals surface area (Å²) < 4.78 is 11.3. The van der Waals surface area contributed by atoms with Crippen molar-refractivity contribution in [2.75, 3.05) is 32.1 Å². The molecule has 1 heterocycles. The maximum Gasteiger partial charge on any atom is 0.224 e. The van der Waals surface area contributed by atoms with E-state index < -0.39 is 0 Å². The Kier molecular flexibility index (Phi) is 5.61. The van der Waals surface area contributed by atoms with Crippen LogP contribution in [-0.2, 0) is 9.53 Å². The molecule has 0 spiro atoms. The number of ether oxygens (including phenoxy) is 2. The molecule has 0 unspecified atom stereocenters. The van der Waals surface area contributed by atoms with E-state index in [9.17, 15) is 4.79 Å². The van der Waals surface area contributed by atoms with Crippen molar-refractivity contribution in [2.24, 2.45) is 0 Å². The summed E-state index contributed by atoms with van der Waals surface area (Å²) in [7, 11) is 1.67. The molecule has 0 aromatic heterocycles. The minimum absolute atomic E-state index is 0.233. The molecule has 1 aliphatic carbocycles. The lowest BCUT2D eigenvalue weighted by molar-refractivity contribution is -0.134. The Morgan fingerprint density at radius 3 is 3.08 bits per heavy atom. The van der Waals surface area contributed by atoms with E-state index in [1.54, 1.807) is 7.11 Å². The Bertz CT molecular complexity index is 576. The summed E-state index contributed by atoms with van der Waals surface area (Å²) >= 11 is 0. The first-order valence-electron chi connectivity index (χ1n) is 8.98. The number of nitrogens with zero attached hydrogens (tertiary/aromatic N) is 1. The van der Waals surface area contributed by atoms with Crippen molar-refractivity contribution >= 4 is 11.6 Å². The lowest BCUT2D eigenvalue weighted by Crippen LogP contribution is -2.44. The third-order valence-electron chi connectivity index (χ3n) is 5.02. The van der Waals surface area contributed by atoms with Gasteiger partial charge in [-0.3, -0.25) is 4.79 Å². The van der Waals surface area contributed by atoms with E-state index in [4.69, 9.17) is 9.47 Å². The van der Waals surface area contributed by atoms with E-state index in [1.165, 1.54) is 5.56 Å². The van der Waals surface area contributed by atoms with Gasteiger partial charge in [-0.15, -0.1) is 0 Å². The fraction of sp³-hybridized carbons (Fsp3) is 0.632. The minimum Gasteiger partial charge on any atom is -0.495 e. The van der Waals surface area contributed by atoms with Crippen LogP contribution in [0.15, 0.2) is 18.2 Å². The van der Waals surface area contributed by atoms with Crippen LogP contribution in [0.2, 0.25) is 0 Å². The highest BCUT2D eigenvalue weighted by molar-refractivity contribution is 5.77. The van der Waals surface area contributed by atoms with Gasteiger partial charge in [0, 0.05) is 26.1 Å². The van der Waals surface area contributed by atoms with Gasteiger partial charge in [0.05, 0.1) is 24.9 Å². The summed E-state index contributed by atoms with van der Waals surface area (Å²) in [4.78, 5) is 14.8. The van der Waals surface area contributed by atoms with Gasteiger partial charge in [0.15, 0.2) is 0 Å². The number of hydrogen-bond donors (Lipinski definition) is 1. The van der Waals surface area contributed by atoms with Crippen LogP contribution < -0.4 is 10.1 Å². The standard InChI is InChI=1S/C19H28N2O3/c1-14-7-8-17(23-2)15(13-14)20-10-9-19(22)21-11-4-12-24-18-6-3-5-16(18)21/h7-8,13,16,18,20H,3-6,9-12H2,1-2H3/t16-,18-/m0/s1. The molecule has 24 heavy (non-hydrogen) atoms. The zero-order valence-corrected chi connectivity index (χ0v) is 14.7. The van der Waals surface area contributed by atoms with Crippen LogP contribution in [0.1, 0.15) is 37.7 Å². The fourth-order valence-electron chi connectivity index (χ4n) is 3.81. The van der Waals surface area contributed by atoms with Gasteiger partial charge >= 0.3 is 0 Å². The van der Waals surface area contributed by atoms with Crippen LogP contribution >= 0.6 is 0 Å². The molecule has 0 radical (unpaired) electrons. The number of methoxy groups -OCH3 is 1. The SMILES string of the molecule is COc1ccc(C)cc1NCCC(=O)N1CCCO[C@H]2CCC[C@@H]21. The number of nitrogens with one attached hydrogen (secondary N) is 1. The van der Waals surface area contributed by atoms with Crippen molar-refractivity contribution in [3.05, 3.63) is 23.8 Å². The molecule has 1 N–H and O–H groups in total. The number of carbonyl (C=O) groups excluding carboxylic acids is 1. The van der Waals surface area contributed by atoms with Crippen LogP contribution in [0.25, 0.3) is 0 Å². The van der Waals surface area contributed by atoms with Crippen LogP contribution in [-0.4, -0.2) is 49.8 Å². The van der Waals surface area contributed by atoms with E-state index in [2.05, 4.69) is 16.3 Å². The Morgan fingerprint density at radius 1 is 1.38 bits per heavy atom. The van der Waals surface area contributed by atoms with Crippen LogP contribution in [0.3, 0.4) is 0 Å². The average molecular weight is 332 g/mol. The maximum absolute atomic E-state index is 12.7. The van der Waals surface area contributed by atoms with Gasteiger partial charge < -0.3 is 19.7 Å². The van der Waals surface area contributed by atoms with Crippen molar-refractivity contribution < 1.29 is 14.3 Å². The van der Waals surface area contributed by atoms with Gasteiger partial charge in [-0.2, -0.15) is 0 Å². The first-order valence-corrected chi connectivity index (χ1v) is 8.98. The molecule has 2 fully saturated rings. The van der Waals surface area contributed by atoms with E-state index in [0.717, 1.165) is 50.3 Å². The van der Waals surface area contributed by atoms with Crippen LogP contribution in [0, 0.1) is 6.92 Å². The second-order valence-electron chi connectivity index (χ2n) is 6.73. The molecule has 1 amide bonds. The molecule has 5 nitrogen and oxygen atoms in total. The predicted octanol–water partition coefficient (Wildman–Crippen LogP) is 2.98. The molecule has 1 aromatic carbocycles. The highest BCUT2D eigenvalue weighted by Crippen LogP contribution is 2.30. The molecule has 1 saturated heterocycles. The lowest BCUT2D eigenvalue weighted by Gasteiger charge is -2.30. The number of rotatable bonds is 5. The molecule has 3 rings (SSSR count). The third kappa shape index (κ3) is 3.83. The molecular formula is C19H28N2O3. The van der Waals surface area contributed by atoms with Crippen molar-refractivity contribution in [3.63, 3.8) is 0 Å². The normalized spacial score (nSPS) is 23.5. The number of anilines is 1. The zero-order valence-electron chi connectivity index (χ0n) is 14.7. The zero-order chi connectivity index (χ0) is 16.9. The summed E-state index contributed by atoms with van der Waals surface area (Å²) in [5.74, 6) is 1.04. The highest BCUT2D eigenvalue weighted by Gasteiger charge is 2.36. The van der Waals surface area contributed by atoms with Crippen molar-refractivity contribution in [1.82, 2.24) is 4.90 Å². The molecule has 1 aliphatic heterocycles. The molecule has 5 heteroatoms. The lowest BCUT2D eigenvalue weighted by atomic mass is 10.1. The van der Waals surface area contributed by atoms with Gasteiger partial charge in [0.2, 0.25) is 5.91 Å². The van der Waals surface area contributed by atoms with Gasteiger partial charge in [0.1, 0.15) is 5.75 Å². The molecule has 1 saturated carbocycles. The van der Waals surface area contributed by atoms with E-state index >= 15 is 0 Å². The molecule has 2 atom stereocenters. The number of benzene rings is 1. The Morgan fingerprint density at radius 2 is 2.25 bits per heavy atom. The van der Waals surface area contributed by atoms with Crippen LogP contribution in [0.5, 0.6) is 5.75 Å². The molecule has 2 aliphatic rings. The molecule has 132 valence electrons. The summed E-state index contributed by atoms with van der Waals surface area (Å²) in [6, 6.07) is 6.31. The first-order chi connectivity index (χ1) is 11.7. The van der Waals surface area contributed by atoms with E-state index in [1.807, 2.05) is 19.1 Å². The maximum atomic E-state index is 12.7. The number of hydrogen-bond acceptors (Lipinski definition) is 4. The summed E-state index contributed by atoms with van der Waals surface area (Å²) in [6.45, 7) is 4.28. The largest absolute Gasteiger partial charge is 0.495 e. The highest BCUT2D eigenvalue weighted by atomic mass is 16.5. The summed E-state index contributed by atoms with van der Waals surface area (Å²) in [5, 5.41) is 3.35. The van der Waals surface area contributed by atoms with E-state index in [-0.39, 0.29) is 18.1 Å². The van der Waals surface area contributed by atoms with Gasteiger partial charge in [-0.05, 0) is 50.3 Å². The average Bonchev–Trinajstić information content (AvgIpc) is 2.94. The topological polar surface area (TPSA) is 50.8 Å². The minimum atomic E-state index is 0.233.